The number of hydrogen-bond acceptors (Lipinski definition) is 7. The highest BCUT2D eigenvalue weighted by molar-refractivity contribution is 5.81. The number of nitrogens with two attached hydrogens (primary N) is 1. The molecule has 0 amide bonds. The Morgan fingerprint density at radius 1 is 1.10 bits per heavy atom. The van der Waals surface area contributed by atoms with Crippen molar-refractivity contribution in [3.63, 3.8) is 0 Å². The normalized spacial score (nSPS) is 13.7. The van der Waals surface area contributed by atoms with Gasteiger partial charge in [-0.25, -0.2) is 4.98 Å². The fraction of sp³-hybridized carbons (Fsp3) is 0.217. The number of rotatable bonds is 4. The van der Waals surface area contributed by atoms with E-state index in [0.29, 0.717) is 28.1 Å². The zero-order valence-corrected chi connectivity index (χ0v) is 16.7. The fourth-order valence-electron chi connectivity index (χ4n) is 3.67. The van der Waals surface area contributed by atoms with E-state index in [0.717, 1.165) is 31.7 Å². The van der Waals surface area contributed by atoms with E-state index in [2.05, 4.69) is 33.4 Å². The van der Waals surface area contributed by atoms with Gasteiger partial charge < -0.3 is 25.8 Å². The molecule has 0 spiro atoms. The summed E-state index contributed by atoms with van der Waals surface area (Å²) in [6.07, 6.45) is 0. The van der Waals surface area contributed by atoms with E-state index in [1.54, 1.807) is 12.1 Å². The van der Waals surface area contributed by atoms with Gasteiger partial charge in [-0.1, -0.05) is 18.2 Å². The summed E-state index contributed by atoms with van der Waals surface area (Å²) in [5, 5.41) is 22.9. The lowest BCUT2D eigenvalue weighted by Crippen LogP contribution is -2.43. The highest BCUT2D eigenvalue weighted by Crippen LogP contribution is 2.36. The first-order valence-corrected chi connectivity index (χ1v) is 9.75. The van der Waals surface area contributed by atoms with E-state index >= 15 is 0 Å². The number of nitriles is 1. The van der Waals surface area contributed by atoms with Crippen LogP contribution in [0.15, 0.2) is 48.5 Å². The number of phenolic OH excluding ortho intramolecular Hbond substituents is 1. The highest BCUT2D eigenvalue weighted by atomic mass is 16.5. The molecule has 0 unspecified atom stereocenters. The van der Waals surface area contributed by atoms with Crippen molar-refractivity contribution in [2.24, 2.45) is 0 Å². The Morgan fingerprint density at radius 3 is 2.47 bits per heavy atom. The molecule has 1 saturated heterocycles. The molecule has 1 fully saturated rings. The number of nitrogens with one attached hydrogen (secondary N) is 1. The van der Waals surface area contributed by atoms with Crippen LogP contribution in [0, 0.1) is 11.3 Å². The zero-order valence-electron chi connectivity index (χ0n) is 16.7. The second-order valence-electron chi connectivity index (χ2n) is 7.10. The van der Waals surface area contributed by atoms with E-state index in [1.807, 2.05) is 18.2 Å². The lowest BCUT2D eigenvalue weighted by molar-refractivity contribution is 0.373. The van der Waals surface area contributed by atoms with E-state index in [-0.39, 0.29) is 11.6 Å². The number of anilines is 2. The van der Waals surface area contributed by atoms with Gasteiger partial charge in [-0.15, -0.1) is 0 Å². The van der Waals surface area contributed by atoms with Crippen molar-refractivity contribution in [2.75, 3.05) is 43.9 Å². The van der Waals surface area contributed by atoms with Gasteiger partial charge in [-0.05, 0) is 35.9 Å². The summed E-state index contributed by atoms with van der Waals surface area (Å²) in [5.74, 6) is 0.530. The Kier molecular flexibility index (Phi) is 5.42. The average Bonchev–Trinajstić information content (AvgIpc) is 2.79. The summed E-state index contributed by atoms with van der Waals surface area (Å²) < 4.78 is 5.21. The summed E-state index contributed by atoms with van der Waals surface area (Å²) in [6.45, 7) is 3.92. The van der Waals surface area contributed by atoms with Crippen LogP contribution in [0.2, 0.25) is 0 Å². The van der Waals surface area contributed by atoms with Gasteiger partial charge >= 0.3 is 0 Å². The van der Waals surface area contributed by atoms with Crippen molar-refractivity contribution in [3.05, 3.63) is 54.1 Å². The molecule has 152 valence electrons. The lowest BCUT2D eigenvalue weighted by Gasteiger charge is -2.29. The molecular formula is C23H23N5O2. The van der Waals surface area contributed by atoms with Gasteiger partial charge in [0.1, 0.15) is 17.5 Å². The first-order chi connectivity index (χ1) is 14.6. The Balaban J connectivity index is 1.74. The van der Waals surface area contributed by atoms with Gasteiger partial charge in [0, 0.05) is 43.0 Å². The van der Waals surface area contributed by atoms with Gasteiger partial charge in [-0.3, -0.25) is 0 Å². The maximum Gasteiger partial charge on any atom is 0.161 e. The molecule has 3 aromatic rings. The first kappa shape index (κ1) is 19.6. The summed E-state index contributed by atoms with van der Waals surface area (Å²) in [5.41, 5.74) is 10.5. The predicted molar refractivity (Wildman–Crippen MR) is 118 cm³/mol. The number of phenols is 1. The molecule has 4 N–H and O–H groups in total. The fourth-order valence-corrected chi connectivity index (χ4v) is 3.67. The molecule has 1 aliphatic rings. The molecule has 0 bridgehead atoms. The molecule has 2 heterocycles. The third-order valence-electron chi connectivity index (χ3n) is 5.30. The number of nitrogen functional groups attached to an aromatic ring is 1. The number of ether oxygens (including phenoxy) is 1. The molecule has 30 heavy (non-hydrogen) atoms. The first-order valence-electron chi connectivity index (χ1n) is 9.75. The topological polar surface area (TPSA) is 107 Å². The second-order valence-corrected chi connectivity index (χ2v) is 7.10. The van der Waals surface area contributed by atoms with Crippen LogP contribution in [0.1, 0.15) is 5.56 Å². The minimum absolute atomic E-state index is 0.0329. The number of aromatic nitrogens is 1. The van der Waals surface area contributed by atoms with Gasteiger partial charge in [0.15, 0.2) is 11.5 Å². The number of aromatic hydroxyl groups is 1. The minimum atomic E-state index is 0.0329. The molecule has 1 aromatic heterocycles. The maximum absolute atomic E-state index is 9.89. The number of benzene rings is 2. The van der Waals surface area contributed by atoms with Crippen molar-refractivity contribution >= 4 is 11.5 Å². The molecule has 0 saturated carbocycles. The SMILES string of the molecule is COc1cc(-c2cc(-c3ccc(N4CCNCC4)cc3)nc(N)c2C#N)ccc1O. The molecule has 4 rings (SSSR count). The standard InChI is InChI=1S/C23H23N5O2/c1-30-22-12-16(4-7-21(22)29)18-13-20(27-23(25)19(18)14-24)15-2-5-17(6-3-15)28-10-8-26-9-11-28/h2-7,12-13,26,29H,8-11H2,1H3,(H2,25,27). The van der Waals surface area contributed by atoms with Crippen LogP contribution in [-0.2, 0) is 0 Å². The van der Waals surface area contributed by atoms with Crippen LogP contribution in [0.4, 0.5) is 11.5 Å². The van der Waals surface area contributed by atoms with Gasteiger partial charge in [0.05, 0.1) is 12.8 Å². The summed E-state index contributed by atoms with van der Waals surface area (Å²) >= 11 is 0. The van der Waals surface area contributed by atoms with Crippen LogP contribution in [-0.4, -0.2) is 43.4 Å². The van der Waals surface area contributed by atoms with Crippen molar-refractivity contribution in [2.45, 2.75) is 0 Å². The van der Waals surface area contributed by atoms with E-state index in [1.165, 1.54) is 18.9 Å². The largest absolute Gasteiger partial charge is 0.504 e. The van der Waals surface area contributed by atoms with Gasteiger partial charge in [0.2, 0.25) is 0 Å². The Hall–Kier alpha value is -3.76. The Bertz CT molecular complexity index is 1100. The minimum Gasteiger partial charge on any atom is -0.504 e. The van der Waals surface area contributed by atoms with E-state index < -0.39 is 0 Å². The highest BCUT2D eigenvalue weighted by Gasteiger charge is 2.16. The van der Waals surface area contributed by atoms with Crippen molar-refractivity contribution < 1.29 is 9.84 Å². The molecule has 7 nitrogen and oxygen atoms in total. The quantitative estimate of drug-likeness (QED) is 0.617. The van der Waals surface area contributed by atoms with Crippen LogP contribution >= 0.6 is 0 Å². The van der Waals surface area contributed by atoms with Crippen molar-refractivity contribution in [1.29, 1.82) is 5.26 Å². The monoisotopic (exact) mass is 401 g/mol. The molecule has 0 aliphatic carbocycles. The van der Waals surface area contributed by atoms with E-state index in [4.69, 9.17) is 10.5 Å². The van der Waals surface area contributed by atoms with Gasteiger partial charge in [0.25, 0.3) is 0 Å². The number of hydrogen-bond donors (Lipinski definition) is 3. The average molecular weight is 401 g/mol. The summed E-state index contributed by atoms with van der Waals surface area (Å²) in [4.78, 5) is 6.80. The van der Waals surface area contributed by atoms with Crippen molar-refractivity contribution in [3.8, 4) is 40.0 Å². The number of methoxy groups -OCH3 is 1. The Labute approximate surface area is 175 Å². The summed E-state index contributed by atoms with van der Waals surface area (Å²) in [7, 11) is 1.48. The number of nitrogens with zero attached hydrogens (tertiary/aromatic N) is 3. The molecule has 2 aromatic carbocycles. The Morgan fingerprint density at radius 2 is 1.80 bits per heavy atom. The molecule has 0 radical (unpaired) electrons. The van der Waals surface area contributed by atoms with Crippen LogP contribution < -0.4 is 20.7 Å². The molecule has 1 aliphatic heterocycles. The van der Waals surface area contributed by atoms with Crippen molar-refractivity contribution in [1.82, 2.24) is 10.3 Å². The molecule has 7 heteroatoms. The third kappa shape index (κ3) is 3.73. The third-order valence-corrected chi connectivity index (χ3v) is 5.30. The second kappa shape index (κ2) is 8.31. The lowest BCUT2D eigenvalue weighted by atomic mass is 9.98. The number of pyridine rings is 1. The van der Waals surface area contributed by atoms with Crippen LogP contribution in [0.5, 0.6) is 11.5 Å². The molecular weight excluding hydrogens is 378 g/mol. The predicted octanol–water partition coefficient (Wildman–Crippen LogP) is 2.99. The zero-order chi connectivity index (χ0) is 21.1. The number of piperazine rings is 1. The van der Waals surface area contributed by atoms with Crippen LogP contribution in [0.25, 0.3) is 22.4 Å². The van der Waals surface area contributed by atoms with Gasteiger partial charge in [-0.2, -0.15) is 5.26 Å². The van der Waals surface area contributed by atoms with E-state index in [9.17, 15) is 10.4 Å². The van der Waals surface area contributed by atoms with Crippen LogP contribution in [0.3, 0.4) is 0 Å². The summed E-state index contributed by atoms with van der Waals surface area (Å²) in [6, 6.07) is 17.1. The smallest absolute Gasteiger partial charge is 0.161 e. The molecule has 0 atom stereocenters. The maximum atomic E-state index is 9.89.